The minimum Gasteiger partial charge on any atom is -0.479 e. The van der Waals surface area contributed by atoms with Crippen LogP contribution < -0.4 is 5.32 Å². The van der Waals surface area contributed by atoms with Crippen LogP contribution in [0.3, 0.4) is 0 Å². The first kappa shape index (κ1) is 14.0. The number of nitrogens with zero attached hydrogens (tertiary/aromatic N) is 1. The van der Waals surface area contributed by atoms with Crippen LogP contribution in [0.4, 0.5) is 5.69 Å². The van der Waals surface area contributed by atoms with E-state index < -0.39 is 12.0 Å². The van der Waals surface area contributed by atoms with E-state index in [9.17, 15) is 9.90 Å². The van der Waals surface area contributed by atoms with Crippen molar-refractivity contribution >= 4 is 43.5 Å². The SMILES string of the molecule is O=C(O)C(Nc1cccc(Br)c1)c1cncc(Br)c1. The summed E-state index contributed by atoms with van der Waals surface area (Å²) in [5.41, 5.74) is 1.31. The summed E-state index contributed by atoms with van der Waals surface area (Å²) >= 11 is 6.64. The van der Waals surface area contributed by atoms with E-state index >= 15 is 0 Å². The number of pyridine rings is 1. The smallest absolute Gasteiger partial charge is 0.330 e. The average Bonchev–Trinajstić information content (AvgIpc) is 2.35. The van der Waals surface area contributed by atoms with E-state index in [2.05, 4.69) is 42.2 Å². The summed E-state index contributed by atoms with van der Waals surface area (Å²) in [4.78, 5) is 15.4. The molecule has 1 unspecified atom stereocenters. The topological polar surface area (TPSA) is 62.2 Å². The summed E-state index contributed by atoms with van der Waals surface area (Å²) in [6, 6.07) is 8.23. The summed E-state index contributed by atoms with van der Waals surface area (Å²) < 4.78 is 1.63. The van der Waals surface area contributed by atoms with Crippen molar-refractivity contribution in [1.29, 1.82) is 0 Å². The van der Waals surface area contributed by atoms with Gasteiger partial charge in [0.25, 0.3) is 0 Å². The fourth-order valence-electron chi connectivity index (χ4n) is 1.62. The van der Waals surface area contributed by atoms with E-state index in [0.29, 0.717) is 5.56 Å². The second-order valence-electron chi connectivity index (χ2n) is 3.86. The fraction of sp³-hybridized carbons (Fsp3) is 0.0769. The number of nitrogens with one attached hydrogen (secondary N) is 1. The van der Waals surface area contributed by atoms with Gasteiger partial charge < -0.3 is 10.4 Å². The van der Waals surface area contributed by atoms with Crippen molar-refractivity contribution < 1.29 is 9.90 Å². The molecule has 0 saturated heterocycles. The molecule has 0 spiro atoms. The van der Waals surface area contributed by atoms with Crippen LogP contribution in [0.5, 0.6) is 0 Å². The molecule has 0 fully saturated rings. The van der Waals surface area contributed by atoms with Gasteiger partial charge in [-0.2, -0.15) is 0 Å². The van der Waals surface area contributed by atoms with Gasteiger partial charge in [-0.15, -0.1) is 0 Å². The van der Waals surface area contributed by atoms with Crippen molar-refractivity contribution in [1.82, 2.24) is 4.98 Å². The molecule has 0 saturated carbocycles. The van der Waals surface area contributed by atoms with E-state index in [4.69, 9.17) is 0 Å². The lowest BCUT2D eigenvalue weighted by Gasteiger charge is -2.16. The van der Waals surface area contributed by atoms with Crippen molar-refractivity contribution in [3.8, 4) is 0 Å². The summed E-state index contributed by atoms with van der Waals surface area (Å²) in [5.74, 6) is -0.958. The van der Waals surface area contributed by atoms with E-state index in [1.165, 1.54) is 6.20 Å². The summed E-state index contributed by atoms with van der Waals surface area (Å²) in [7, 11) is 0. The Hall–Kier alpha value is -1.40. The number of rotatable bonds is 4. The van der Waals surface area contributed by atoms with Gasteiger partial charge in [0, 0.05) is 32.6 Å². The quantitative estimate of drug-likeness (QED) is 0.839. The van der Waals surface area contributed by atoms with Gasteiger partial charge in [0.1, 0.15) is 0 Å². The van der Waals surface area contributed by atoms with Crippen molar-refractivity contribution in [3.05, 3.63) is 57.2 Å². The number of halogens is 2. The van der Waals surface area contributed by atoms with Crippen LogP contribution in [0.25, 0.3) is 0 Å². The minimum atomic E-state index is -0.958. The number of carboxylic acid groups (broad SMARTS) is 1. The fourth-order valence-corrected chi connectivity index (χ4v) is 2.40. The number of anilines is 1. The molecule has 0 bridgehead atoms. The lowest BCUT2D eigenvalue weighted by atomic mass is 10.1. The molecule has 6 heteroatoms. The largest absolute Gasteiger partial charge is 0.479 e. The molecule has 2 rings (SSSR count). The third-order valence-corrected chi connectivity index (χ3v) is 3.37. The molecule has 2 aromatic rings. The van der Waals surface area contributed by atoms with Gasteiger partial charge in [-0.25, -0.2) is 4.79 Å². The first-order chi connectivity index (χ1) is 9.06. The number of aliphatic carboxylic acids is 1. The molecular weight excluding hydrogens is 376 g/mol. The van der Waals surface area contributed by atoms with Crippen molar-refractivity contribution in [2.24, 2.45) is 0 Å². The zero-order valence-corrected chi connectivity index (χ0v) is 12.8. The molecule has 0 aliphatic rings. The highest BCUT2D eigenvalue weighted by Crippen LogP contribution is 2.23. The van der Waals surface area contributed by atoms with E-state index in [0.717, 1.165) is 14.6 Å². The number of aromatic nitrogens is 1. The molecular formula is C13H10Br2N2O2. The molecule has 2 N–H and O–H groups in total. The first-order valence-corrected chi connectivity index (χ1v) is 7.00. The standard InChI is InChI=1S/C13H10Br2N2O2/c14-9-2-1-3-11(5-9)17-12(13(18)19)8-4-10(15)7-16-6-8/h1-7,12,17H,(H,18,19). The van der Waals surface area contributed by atoms with Crippen LogP contribution in [-0.4, -0.2) is 16.1 Å². The predicted molar refractivity (Wildman–Crippen MR) is 80.1 cm³/mol. The zero-order valence-electron chi connectivity index (χ0n) is 9.68. The van der Waals surface area contributed by atoms with Crippen LogP contribution in [0.1, 0.15) is 11.6 Å². The monoisotopic (exact) mass is 384 g/mol. The molecule has 1 aromatic heterocycles. The second kappa shape index (κ2) is 6.16. The van der Waals surface area contributed by atoms with Crippen molar-refractivity contribution in [2.45, 2.75) is 6.04 Å². The van der Waals surface area contributed by atoms with Crippen LogP contribution in [0, 0.1) is 0 Å². The van der Waals surface area contributed by atoms with Gasteiger partial charge in [0.05, 0.1) is 0 Å². The molecule has 4 nitrogen and oxygen atoms in total. The molecule has 1 atom stereocenters. The number of benzene rings is 1. The molecule has 0 aliphatic carbocycles. The average molecular weight is 386 g/mol. The zero-order chi connectivity index (χ0) is 13.8. The second-order valence-corrected chi connectivity index (χ2v) is 5.69. The first-order valence-electron chi connectivity index (χ1n) is 5.41. The summed E-state index contributed by atoms with van der Waals surface area (Å²) in [6.07, 6.45) is 3.15. The Kier molecular flexibility index (Phi) is 4.55. The lowest BCUT2D eigenvalue weighted by Crippen LogP contribution is -2.20. The third-order valence-electron chi connectivity index (χ3n) is 2.44. The highest BCUT2D eigenvalue weighted by atomic mass is 79.9. The maximum absolute atomic E-state index is 11.4. The van der Waals surface area contributed by atoms with Crippen LogP contribution in [-0.2, 0) is 4.79 Å². The summed E-state index contributed by atoms with van der Waals surface area (Å²) in [5, 5.41) is 12.3. The van der Waals surface area contributed by atoms with E-state index in [-0.39, 0.29) is 0 Å². The molecule has 0 aliphatic heterocycles. The summed E-state index contributed by atoms with van der Waals surface area (Å²) in [6.45, 7) is 0. The Balaban J connectivity index is 2.29. The van der Waals surface area contributed by atoms with Gasteiger partial charge in [0.2, 0.25) is 0 Å². The Morgan fingerprint density at radius 2 is 2.00 bits per heavy atom. The minimum absolute atomic E-state index is 0.585. The number of hydrogen-bond acceptors (Lipinski definition) is 3. The Morgan fingerprint density at radius 3 is 2.63 bits per heavy atom. The normalized spacial score (nSPS) is 11.9. The van der Waals surface area contributed by atoms with Crippen molar-refractivity contribution in [2.75, 3.05) is 5.32 Å². The Morgan fingerprint density at radius 1 is 1.21 bits per heavy atom. The number of carbonyl (C=O) groups is 1. The van der Waals surface area contributed by atoms with Crippen LogP contribution >= 0.6 is 31.9 Å². The molecule has 0 amide bonds. The van der Waals surface area contributed by atoms with Gasteiger partial charge in [-0.05, 0) is 40.2 Å². The van der Waals surface area contributed by atoms with Crippen molar-refractivity contribution in [3.63, 3.8) is 0 Å². The van der Waals surface area contributed by atoms with E-state index in [1.807, 2.05) is 24.3 Å². The Labute approximate surface area is 127 Å². The molecule has 98 valence electrons. The van der Waals surface area contributed by atoms with E-state index in [1.54, 1.807) is 12.3 Å². The number of carboxylic acids is 1. The highest BCUT2D eigenvalue weighted by molar-refractivity contribution is 9.10. The molecule has 1 aromatic carbocycles. The van der Waals surface area contributed by atoms with Crippen LogP contribution in [0.2, 0.25) is 0 Å². The number of hydrogen-bond donors (Lipinski definition) is 2. The third kappa shape index (κ3) is 3.78. The predicted octanol–water partition coefficient (Wildman–Crippen LogP) is 3.84. The maximum Gasteiger partial charge on any atom is 0.330 e. The van der Waals surface area contributed by atoms with Gasteiger partial charge >= 0.3 is 5.97 Å². The lowest BCUT2D eigenvalue weighted by molar-refractivity contribution is -0.138. The van der Waals surface area contributed by atoms with Gasteiger partial charge in [-0.1, -0.05) is 22.0 Å². The molecule has 0 radical (unpaired) electrons. The highest BCUT2D eigenvalue weighted by Gasteiger charge is 2.20. The van der Waals surface area contributed by atoms with Gasteiger partial charge in [0.15, 0.2) is 6.04 Å². The maximum atomic E-state index is 11.4. The molecule has 19 heavy (non-hydrogen) atoms. The van der Waals surface area contributed by atoms with Crippen LogP contribution in [0.15, 0.2) is 51.7 Å². The Bertz CT molecular complexity index is 605. The van der Waals surface area contributed by atoms with Gasteiger partial charge in [-0.3, -0.25) is 4.98 Å². The molecule has 1 heterocycles.